The summed E-state index contributed by atoms with van der Waals surface area (Å²) in [6.07, 6.45) is 9.96. The maximum atomic E-state index is 6.22. The van der Waals surface area contributed by atoms with Crippen molar-refractivity contribution in [1.82, 2.24) is 5.32 Å². The fourth-order valence-corrected chi connectivity index (χ4v) is 2.01. The van der Waals surface area contributed by atoms with Crippen LogP contribution in [0.4, 0.5) is 0 Å². The molecule has 0 radical (unpaired) electrons. The van der Waals surface area contributed by atoms with Crippen LogP contribution in [0.3, 0.4) is 0 Å². The van der Waals surface area contributed by atoms with Crippen LogP contribution in [0.2, 0.25) is 0 Å². The molecule has 1 aliphatic carbocycles. The molecule has 0 spiro atoms. The topological polar surface area (TPSA) is 12.0 Å². The van der Waals surface area contributed by atoms with E-state index in [0.29, 0.717) is 0 Å². The number of allylic oxidation sites excluding steroid dienone is 8. The van der Waals surface area contributed by atoms with Gasteiger partial charge in [0.25, 0.3) is 0 Å². The summed E-state index contributed by atoms with van der Waals surface area (Å²) < 4.78 is 0.929. The molecule has 0 amide bonds. The molecule has 1 nitrogen and oxygen atoms in total. The van der Waals surface area contributed by atoms with Crippen molar-refractivity contribution in [2.24, 2.45) is 0 Å². The Labute approximate surface area is 96.6 Å². The third-order valence-corrected chi connectivity index (χ3v) is 3.73. The molecule has 72 valence electrons. The summed E-state index contributed by atoms with van der Waals surface area (Å²) in [6, 6.07) is 0. The Bertz CT molecular complexity index is 425. The Morgan fingerprint density at radius 2 is 2.07 bits per heavy atom. The first-order chi connectivity index (χ1) is 6.70. The van der Waals surface area contributed by atoms with Gasteiger partial charge in [-0.3, -0.25) is 0 Å². The predicted octanol–water partition coefficient (Wildman–Crippen LogP) is 3.72. The van der Waals surface area contributed by atoms with E-state index in [2.05, 4.69) is 21.2 Å². The van der Waals surface area contributed by atoms with Gasteiger partial charge in [0.1, 0.15) is 0 Å². The average Bonchev–Trinajstić information content (AvgIpc) is 2.39. The van der Waals surface area contributed by atoms with Crippen LogP contribution in [0.1, 0.15) is 6.92 Å². The van der Waals surface area contributed by atoms with Gasteiger partial charge in [-0.15, -0.1) is 0 Å². The third-order valence-electron chi connectivity index (χ3n) is 2.12. The van der Waals surface area contributed by atoms with Gasteiger partial charge in [-0.1, -0.05) is 35.9 Å². The number of dihydropyridines is 1. The summed E-state index contributed by atoms with van der Waals surface area (Å²) in [5.41, 5.74) is 3.10. The van der Waals surface area contributed by atoms with Crippen molar-refractivity contribution in [2.45, 2.75) is 6.92 Å². The zero-order valence-corrected chi connectivity index (χ0v) is 9.98. The summed E-state index contributed by atoms with van der Waals surface area (Å²) in [6.45, 7) is 1.99. The first kappa shape index (κ1) is 9.81. The lowest BCUT2D eigenvalue weighted by atomic mass is 10.1. The molecule has 2 rings (SSSR count). The largest absolute Gasteiger partial charge is 0.358 e. The molecule has 1 heterocycles. The van der Waals surface area contributed by atoms with Gasteiger partial charge in [0.15, 0.2) is 0 Å². The molecule has 1 N–H and O–H groups in total. The normalized spacial score (nSPS) is 20.4. The molecule has 0 aromatic carbocycles. The van der Waals surface area contributed by atoms with Crippen molar-refractivity contribution in [3.8, 4) is 0 Å². The molecular weight excluding hydrogens is 261 g/mol. The minimum absolute atomic E-state index is 0.757. The Morgan fingerprint density at radius 1 is 1.29 bits per heavy atom. The van der Waals surface area contributed by atoms with Gasteiger partial charge >= 0.3 is 0 Å². The molecule has 0 fully saturated rings. The average molecular weight is 271 g/mol. The second-order valence-electron chi connectivity index (χ2n) is 3.12. The fourth-order valence-electron chi connectivity index (χ4n) is 1.39. The first-order valence-electron chi connectivity index (χ1n) is 4.29. The highest BCUT2D eigenvalue weighted by molar-refractivity contribution is 9.12. The lowest BCUT2D eigenvalue weighted by molar-refractivity contribution is 0.964. The van der Waals surface area contributed by atoms with Crippen molar-refractivity contribution in [1.29, 1.82) is 0 Å². The third kappa shape index (κ3) is 1.60. The standard InChI is InChI=1S/C11H9BrClN/c1-7-10(12)11(13)8-5-3-2-4-6-9(8)14-7/h2-6,14H,1H3. The van der Waals surface area contributed by atoms with Crippen LogP contribution >= 0.6 is 27.5 Å². The lowest BCUT2D eigenvalue weighted by Gasteiger charge is -2.20. The Hall–Kier alpha value is -0.730. The highest BCUT2D eigenvalue weighted by atomic mass is 79.9. The second-order valence-corrected chi connectivity index (χ2v) is 4.29. The molecule has 0 saturated carbocycles. The Kier molecular flexibility index (Phi) is 2.66. The van der Waals surface area contributed by atoms with Crippen molar-refractivity contribution >= 4 is 27.5 Å². The highest BCUT2D eigenvalue weighted by Gasteiger charge is 2.18. The number of hydrogen-bond donors (Lipinski definition) is 1. The first-order valence-corrected chi connectivity index (χ1v) is 5.46. The quantitative estimate of drug-likeness (QED) is 0.707. The Balaban J connectivity index is 2.58. The molecule has 0 atom stereocenters. The van der Waals surface area contributed by atoms with Gasteiger partial charge in [-0.05, 0) is 28.9 Å². The van der Waals surface area contributed by atoms with Crippen LogP contribution in [-0.4, -0.2) is 0 Å². The van der Waals surface area contributed by atoms with Crippen LogP contribution in [0.15, 0.2) is 56.9 Å². The minimum Gasteiger partial charge on any atom is -0.358 e. The summed E-state index contributed by atoms with van der Waals surface area (Å²) >= 11 is 9.68. The molecule has 0 bridgehead atoms. The van der Waals surface area contributed by atoms with Crippen molar-refractivity contribution in [3.05, 3.63) is 56.9 Å². The van der Waals surface area contributed by atoms with Crippen molar-refractivity contribution in [3.63, 3.8) is 0 Å². The van der Waals surface area contributed by atoms with Gasteiger partial charge in [-0.25, -0.2) is 0 Å². The van der Waals surface area contributed by atoms with Gasteiger partial charge < -0.3 is 5.32 Å². The summed E-state index contributed by atoms with van der Waals surface area (Å²) in [4.78, 5) is 0. The van der Waals surface area contributed by atoms with E-state index in [1.54, 1.807) is 0 Å². The van der Waals surface area contributed by atoms with E-state index in [0.717, 1.165) is 26.5 Å². The van der Waals surface area contributed by atoms with Crippen LogP contribution in [0, 0.1) is 0 Å². The second kappa shape index (κ2) is 3.79. The van der Waals surface area contributed by atoms with Crippen molar-refractivity contribution < 1.29 is 0 Å². The highest BCUT2D eigenvalue weighted by Crippen LogP contribution is 2.35. The molecule has 14 heavy (non-hydrogen) atoms. The lowest BCUT2D eigenvalue weighted by Crippen LogP contribution is -2.17. The monoisotopic (exact) mass is 269 g/mol. The van der Waals surface area contributed by atoms with E-state index in [4.69, 9.17) is 11.6 Å². The molecule has 1 aliphatic heterocycles. The number of fused-ring (bicyclic) bond motifs is 1. The van der Waals surface area contributed by atoms with Crippen LogP contribution in [0.25, 0.3) is 0 Å². The number of nitrogens with one attached hydrogen (secondary N) is 1. The van der Waals surface area contributed by atoms with E-state index >= 15 is 0 Å². The van der Waals surface area contributed by atoms with E-state index in [1.807, 2.05) is 37.3 Å². The van der Waals surface area contributed by atoms with Crippen LogP contribution < -0.4 is 5.32 Å². The maximum absolute atomic E-state index is 6.22. The molecule has 0 saturated heterocycles. The van der Waals surface area contributed by atoms with Gasteiger partial charge in [0, 0.05) is 17.0 Å². The van der Waals surface area contributed by atoms with Crippen molar-refractivity contribution in [2.75, 3.05) is 0 Å². The number of rotatable bonds is 0. The molecule has 0 aromatic heterocycles. The summed E-state index contributed by atoms with van der Waals surface area (Å²) in [5.74, 6) is 0. The van der Waals surface area contributed by atoms with E-state index < -0.39 is 0 Å². The van der Waals surface area contributed by atoms with Gasteiger partial charge in [-0.2, -0.15) is 0 Å². The van der Waals surface area contributed by atoms with Gasteiger partial charge in [0.05, 0.1) is 9.51 Å². The van der Waals surface area contributed by atoms with Gasteiger partial charge in [0.2, 0.25) is 0 Å². The molecule has 3 heteroatoms. The van der Waals surface area contributed by atoms with E-state index in [9.17, 15) is 0 Å². The zero-order chi connectivity index (χ0) is 10.1. The zero-order valence-electron chi connectivity index (χ0n) is 7.64. The number of halogens is 2. The number of hydrogen-bond acceptors (Lipinski definition) is 1. The van der Waals surface area contributed by atoms with Crippen LogP contribution in [0.5, 0.6) is 0 Å². The summed E-state index contributed by atoms with van der Waals surface area (Å²) in [5, 5.41) is 4.04. The van der Waals surface area contributed by atoms with Crippen LogP contribution in [-0.2, 0) is 0 Å². The molecule has 0 unspecified atom stereocenters. The maximum Gasteiger partial charge on any atom is 0.0658 e. The minimum atomic E-state index is 0.757. The van der Waals surface area contributed by atoms with E-state index in [-0.39, 0.29) is 0 Å². The Morgan fingerprint density at radius 3 is 2.86 bits per heavy atom. The van der Waals surface area contributed by atoms with E-state index in [1.165, 1.54) is 0 Å². The summed E-state index contributed by atoms with van der Waals surface area (Å²) in [7, 11) is 0. The SMILES string of the molecule is CC1=C(Br)C(Cl)=C2C=CC=CC=C2N1. The predicted molar refractivity (Wildman–Crippen MR) is 64.0 cm³/mol. The molecule has 2 aliphatic rings. The fraction of sp³-hybridized carbons (Fsp3) is 0.0909. The molecule has 0 aromatic rings. The smallest absolute Gasteiger partial charge is 0.0658 e. The molecular formula is C11H9BrClN.